The number of amides is 3. The largest absolute Gasteiger partial charge is 0.351 e. The Balaban J connectivity index is 1.75. The van der Waals surface area contributed by atoms with E-state index in [2.05, 4.69) is 10.6 Å². The summed E-state index contributed by atoms with van der Waals surface area (Å²) in [4.78, 5) is 41.6. The van der Waals surface area contributed by atoms with E-state index in [1.165, 1.54) is 0 Å². The number of carbonyl (C=O) groups is 3. The molecule has 31 heavy (non-hydrogen) atoms. The molecule has 0 spiro atoms. The standard InChI is InChI=1S/C24H31N3O3S/c1-3-24(2,23(30)26-19-12-7-8-13-19)27(17-20-14-9-15-31-20)21(28)16-25-22(29)18-10-5-4-6-11-18/h4-6,9-11,14-15,19H,3,7-8,12-13,16-17H2,1-2H3,(H,25,29)(H,26,30)/t24-/m0/s1. The van der Waals surface area contributed by atoms with Gasteiger partial charge in [0.15, 0.2) is 0 Å². The quantitative estimate of drug-likeness (QED) is 0.622. The van der Waals surface area contributed by atoms with Gasteiger partial charge in [0.1, 0.15) is 5.54 Å². The van der Waals surface area contributed by atoms with E-state index in [0.29, 0.717) is 18.5 Å². The highest BCUT2D eigenvalue weighted by Gasteiger charge is 2.41. The zero-order valence-electron chi connectivity index (χ0n) is 18.2. The molecule has 1 aliphatic carbocycles. The number of benzene rings is 1. The van der Waals surface area contributed by atoms with Crippen LogP contribution in [0.25, 0.3) is 0 Å². The van der Waals surface area contributed by atoms with Gasteiger partial charge in [0.25, 0.3) is 5.91 Å². The van der Waals surface area contributed by atoms with E-state index in [4.69, 9.17) is 0 Å². The van der Waals surface area contributed by atoms with Gasteiger partial charge in [-0.1, -0.05) is 44.0 Å². The minimum absolute atomic E-state index is 0.124. The topological polar surface area (TPSA) is 78.5 Å². The van der Waals surface area contributed by atoms with Gasteiger partial charge in [-0.05, 0) is 49.8 Å². The number of thiophene rings is 1. The number of nitrogens with zero attached hydrogens (tertiary/aromatic N) is 1. The summed E-state index contributed by atoms with van der Waals surface area (Å²) in [6, 6.07) is 12.9. The van der Waals surface area contributed by atoms with Gasteiger partial charge >= 0.3 is 0 Å². The average molecular weight is 442 g/mol. The van der Waals surface area contributed by atoms with Gasteiger partial charge in [-0.25, -0.2) is 0 Å². The van der Waals surface area contributed by atoms with Gasteiger partial charge < -0.3 is 15.5 Å². The molecule has 7 heteroatoms. The van der Waals surface area contributed by atoms with Crippen LogP contribution in [0, 0.1) is 0 Å². The van der Waals surface area contributed by atoms with Crippen LogP contribution in [-0.4, -0.2) is 40.7 Å². The Labute approximate surface area is 188 Å². The first-order valence-corrected chi connectivity index (χ1v) is 11.8. The van der Waals surface area contributed by atoms with Crippen LogP contribution in [0.1, 0.15) is 61.2 Å². The predicted molar refractivity (Wildman–Crippen MR) is 123 cm³/mol. The van der Waals surface area contributed by atoms with Gasteiger partial charge in [-0.15, -0.1) is 11.3 Å². The van der Waals surface area contributed by atoms with Crippen LogP contribution in [0.4, 0.5) is 0 Å². The number of hydrogen-bond acceptors (Lipinski definition) is 4. The Morgan fingerprint density at radius 3 is 2.42 bits per heavy atom. The molecular formula is C24H31N3O3S. The molecule has 166 valence electrons. The maximum Gasteiger partial charge on any atom is 0.251 e. The van der Waals surface area contributed by atoms with Crippen molar-refractivity contribution < 1.29 is 14.4 Å². The number of nitrogens with one attached hydrogen (secondary N) is 2. The molecule has 1 aromatic heterocycles. The van der Waals surface area contributed by atoms with E-state index in [1.807, 2.05) is 37.4 Å². The lowest BCUT2D eigenvalue weighted by Gasteiger charge is -2.40. The SMILES string of the molecule is CC[C@@](C)(C(=O)NC1CCCC1)N(Cc1cccs1)C(=O)CNC(=O)c1ccccc1. The van der Waals surface area contributed by atoms with Crippen molar-refractivity contribution in [2.45, 2.75) is 64.1 Å². The molecule has 1 aliphatic rings. The molecule has 0 saturated heterocycles. The maximum absolute atomic E-state index is 13.3. The number of carbonyl (C=O) groups excluding carboxylic acids is 3. The Morgan fingerprint density at radius 1 is 1.10 bits per heavy atom. The van der Waals surface area contributed by atoms with E-state index < -0.39 is 5.54 Å². The third-order valence-corrected chi connectivity index (χ3v) is 6.96. The van der Waals surface area contributed by atoms with Gasteiger partial charge in [-0.3, -0.25) is 14.4 Å². The van der Waals surface area contributed by atoms with Crippen molar-refractivity contribution in [3.05, 3.63) is 58.3 Å². The second-order valence-corrected chi connectivity index (χ2v) is 9.22. The van der Waals surface area contributed by atoms with Crippen molar-refractivity contribution in [3.8, 4) is 0 Å². The van der Waals surface area contributed by atoms with Crippen molar-refractivity contribution >= 4 is 29.1 Å². The van der Waals surface area contributed by atoms with Crippen LogP contribution in [0.5, 0.6) is 0 Å². The lowest BCUT2D eigenvalue weighted by atomic mass is 9.93. The number of hydrogen-bond donors (Lipinski definition) is 2. The van der Waals surface area contributed by atoms with E-state index in [9.17, 15) is 14.4 Å². The van der Waals surface area contributed by atoms with Crippen LogP contribution in [0.2, 0.25) is 0 Å². The Bertz CT molecular complexity index is 879. The summed E-state index contributed by atoms with van der Waals surface area (Å²) in [5, 5.41) is 7.82. The summed E-state index contributed by atoms with van der Waals surface area (Å²) in [7, 11) is 0. The fourth-order valence-electron chi connectivity index (χ4n) is 3.92. The van der Waals surface area contributed by atoms with Crippen molar-refractivity contribution in [1.29, 1.82) is 0 Å². The zero-order valence-corrected chi connectivity index (χ0v) is 19.0. The Morgan fingerprint density at radius 2 is 1.81 bits per heavy atom. The number of rotatable bonds is 9. The summed E-state index contributed by atoms with van der Waals surface area (Å²) >= 11 is 1.55. The molecule has 6 nitrogen and oxygen atoms in total. The fraction of sp³-hybridized carbons (Fsp3) is 0.458. The lowest BCUT2D eigenvalue weighted by molar-refractivity contribution is -0.147. The summed E-state index contributed by atoms with van der Waals surface area (Å²) in [5.41, 5.74) is -0.501. The minimum Gasteiger partial charge on any atom is -0.351 e. The van der Waals surface area contributed by atoms with Gasteiger partial charge in [-0.2, -0.15) is 0 Å². The highest BCUT2D eigenvalue weighted by molar-refractivity contribution is 7.09. The molecule has 0 aliphatic heterocycles. The van der Waals surface area contributed by atoms with E-state index >= 15 is 0 Å². The van der Waals surface area contributed by atoms with E-state index in [-0.39, 0.29) is 30.3 Å². The van der Waals surface area contributed by atoms with Crippen molar-refractivity contribution in [1.82, 2.24) is 15.5 Å². The second kappa shape index (κ2) is 10.6. The smallest absolute Gasteiger partial charge is 0.251 e. The Kier molecular flexibility index (Phi) is 7.85. The van der Waals surface area contributed by atoms with Crippen LogP contribution >= 0.6 is 11.3 Å². The highest BCUT2D eigenvalue weighted by Crippen LogP contribution is 2.26. The fourth-order valence-corrected chi connectivity index (χ4v) is 4.62. The molecule has 0 unspecified atom stereocenters. The van der Waals surface area contributed by atoms with E-state index in [0.717, 1.165) is 30.6 Å². The molecule has 1 heterocycles. The maximum atomic E-state index is 13.3. The summed E-state index contributed by atoms with van der Waals surface area (Å²) in [6.45, 7) is 3.92. The van der Waals surface area contributed by atoms with Crippen molar-refractivity contribution in [2.75, 3.05) is 6.54 Å². The Hall–Kier alpha value is -2.67. The van der Waals surface area contributed by atoms with E-state index in [1.54, 1.807) is 40.5 Å². The third-order valence-electron chi connectivity index (χ3n) is 6.09. The lowest BCUT2D eigenvalue weighted by Crippen LogP contribution is -2.60. The summed E-state index contributed by atoms with van der Waals surface area (Å²) in [5.74, 6) is -0.705. The highest BCUT2D eigenvalue weighted by atomic mass is 32.1. The van der Waals surface area contributed by atoms with Crippen LogP contribution < -0.4 is 10.6 Å². The molecule has 1 aromatic carbocycles. The summed E-state index contributed by atoms with van der Waals surface area (Å²) in [6.07, 6.45) is 4.69. The second-order valence-electron chi connectivity index (χ2n) is 8.19. The molecule has 0 bridgehead atoms. The first kappa shape index (κ1) is 23.0. The predicted octanol–water partition coefficient (Wildman–Crippen LogP) is 3.73. The van der Waals surface area contributed by atoms with Gasteiger partial charge in [0, 0.05) is 16.5 Å². The first-order valence-electron chi connectivity index (χ1n) is 10.9. The molecule has 2 aromatic rings. The molecule has 0 radical (unpaired) electrons. The van der Waals surface area contributed by atoms with Crippen LogP contribution in [0.3, 0.4) is 0 Å². The van der Waals surface area contributed by atoms with Crippen LogP contribution in [0.15, 0.2) is 47.8 Å². The molecule has 3 amide bonds. The zero-order chi connectivity index (χ0) is 22.3. The summed E-state index contributed by atoms with van der Waals surface area (Å²) < 4.78 is 0. The van der Waals surface area contributed by atoms with Crippen LogP contribution in [-0.2, 0) is 16.1 Å². The minimum atomic E-state index is -0.999. The molecule has 1 saturated carbocycles. The molecular weight excluding hydrogens is 410 g/mol. The molecule has 1 atom stereocenters. The van der Waals surface area contributed by atoms with Gasteiger partial charge in [0.05, 0.1) is 13.1 Å². The monoisotopic (exact) mass is 441 g/mol. The normalized spacial score (nSPS) is 15.8. The van der Waals surface area contributed by atoms with Gasteiger partial charge in [0.2, 0.25) is 11.8 Å². The third kappa shape index (κ3) is 5.73. The van der Waals surface area contributed by atoms with Crippen molar-refractivity contribution in [2.24, 2.45) is 0 Å². The molecule has 2 N–H and O–H groups in total. The first-order chi connectivity index (χ1) is 14.9. The average Bonchev–Trinajstić information content (AvgIpc) is 3.50. The molecule has 3 rings (SSSR count). The van der Waals surface area contributed by atoms with Crippen molar-refractivity contribution in [3.63, 3.8) is 0 Å². The molecule has 1 fully saturated rings.